The first-order valence-corrected chi connectivity index (χ1v) is 11.3. The minimum Gasteiger partial charge on any atom is -0.494 e. The number of carbonyl (C=O) groups excluding carboxylic acids is 1. The molecule has 0 saturated carbocycles. The molecule has 0 aliphatic carbocycles. The van der Waals surface area contributed by atoms with Crippen molar-refractivity contribution in [2.45, 2.75) is 71.6 Å². The average molecular weight is 397 g/mol. The summed E-state index contributed by atoms with van der Waals surface area (Å²) < 4.78 is 11.3. The molecule has 2 aromatic rings. The van der Waals surface area contributed by atoms with Crippen molar-refractivity contribution in [2.24, 2.45) is 0 Å². The van der Waals surface area contributed by atoms with Gasteiger partial charge < -0.3 is 9.47 Å². The third-order valence-electron chi connectivity index (χ3n) is 5.06. The molecule has 3 nitrogen and oxygen atoms in total. The fourth-order valence-corrected chi connectivity index (χ4v) is 3.31. The predicted octanol–water partition coefficient (Wildman–Crippen LogP) is 7.44. The first-order chi connectivity index (χ1) is 14.3. The molecule has 2 rings (SSSR count). The maximum atomic E-state index is 12.5. The fraction of sp³-hybridized carbons (Fsp3) is 0.500. The molecular weight excluding hydrogens is 360 g/mol. The Bertz CT molecular complexity index is 706. The second-order valence-corrected chi connectivity index (χ2v) is 7.53. The van der Waals surface area contributed by atoms with E-state index in [4.69, 9.17) is 9.47 Å². The van der Waals surface area contributed by atoms with Crippen LogP contribution in [0.5, 0.6) is 5.75 Å². The second kappa shape index (κ2) is 13.8. The zero-order valence-corrected chi connectivity index (χ0v) is 18.1. The summed E-state index contributed by atoms with van der Waals surface area (Å²) in [5.41, 5.74) is 2.51. The molecule has 0 radical (unpaired) electrons. The summed E-state index contributed by atoms with van der Waals surface area (Å²) in [4.78, 5) is 12.5. The molecule has 158 valence electrons. The summed E-state index contributed by atoms with van der Waals surface area (Å²) in [5.74, 6) is 0.627. The summed E-state index contributed by atoms with van der Waals surface area (Å²) in [7, 11) is 0. The Morgan fingerprint density at radius 3 is 2.10 bits per heavy atom. The van der Waals surface area contributed by atoms with Crippen molar-refractivity contribution in [2.75, 3.05) is 13.2 Å². The van der Waals surface area contributed by atoms with Gasteiger partial charge in [-0.05, 0) is 42.2 Å². The van der Waals surface area contributed by atoms with Crippen LogP contribution >= 0.6 is 0 Å². The van der Waals surface area contributed by atoms with Crippen LogP contribution in [-0.2, 0) is 4.74 Å². The number of hydrogen-bond acceptors (Lipinski definition) is 3. The summed E-state index contributed by atoms with van der Waals surface area (Å²) in [6.45, 7) is 5.61. The minimum atomic E-state index is -0.250. The SMILES string of the molecule is CCCCCCCCOc1ccc(-c2ccccc2C(=O)OCCCCC)cc1. The largest absolute Gasteiger partial charge is 0.494 e. The Kier molecular flexibility index (Phi) is 11.0. The molecule has 0 heterocycles. The van der Waals surface area contributed by atoms with Gasteiger partial charge in [0.15, 0.2) is 0 Å². The lowest BCUT2D eigenvalue weighted by Gasteiger charge is -2.11. The normalized spacial score (nSPS) is 10.7. The van der Waals surface area contributed by atoms with E-state index in [1.165, 1.54) is 32.1 Å². The van der Waals surface area contributed by atoms with Crippen LogP contribution in [0.3, 0.4) is 0 Å². The number of rotatable bonds is 14. The Balaban J connectivity index is 1.88. The van der Waals surface area contributed by atoms with Crippen LogP contribution in [0.15, 0.2) is 48.5 Å². The van der Waals surface area contributed by atoms with Gasteiger partial charge in [-0.2, -0.15) is 0 Å². The van der Waals surface area contributed by atoms with Gasteiger partial charge in [0.05, 0.1) is 18.8 Å². The summed E-state index contributed by atoms with van der Waals surface area (Å²) >= 11 is 0. The molecule has 0 fully saturated rings. The van der Waals surface area contributed by atoms with Crippen LogP contribution in [0.4, 0.5) is 0 Å². The van der Waals surface area contributed by atoms with E-state index < -0.39 is 0 Å². The van der Waals surface area contributed by atoms with Crippen LogP contribution in [0.2, 0.25) is 0 Å². The minimum absolute atomic E-state index is 0.250. The van der Waals surface area contributed by atoms with E-state index in [0.29, 0.717) is 12.2 Å². The van der Waals surface area contributed by atoms with Gasteiger partial charge in [0.2, 0.25) is 0 Å². The second-order valence-electron chi connectivity index (χ2n) is 7.53. The smallest absolute Gasteiger partial charge is 0.338 e. The van der Waals surface area contributed by atoms with Crippen molar-refractivity contribution in [1.82, 2.24) is 0 Å². The standard InChI is InChI=1S/C26H36O3/c1-3-5-7-8-9-13-20-28-23-18-16-22(17-19-23)24-14-10-11-15-25(24)26(27)29-21-12-6-4-2/h10-11,14-19H,3-9,12-13,20-21H2,1-2H3. The summed E-state index contributed by atoms with van der Waals surface area (Å²) in [5, 5.41) is 0. The lowest BCUT2D eigenvalue weighted by molar-refractivity contribution is 0.0499. The quantitative estimate of drug-likeness (QED) is 0.246. The van der Waals surface area contributed by atoms with E-state index in [2.05, 4.69) is 13.8 Å². The maximum absolute atomic E-state index is 12.5. The molecule has 0 aliphatic rings. The molecule has 0 aliphatic heterocycles. The van der Waals surface area contributed by atoms with E-state index in [1.54, 1.807) is 0 Å². The highest BCUT2D eigenvalue weighted by molar-refractivity contribution is 5.97. The first-order valence-electron chi connectivity index (χ1n) is 11.3. The van der Waals surface area contributed by atoms with Gasteiger partial charge in [0, 0.05) is 0 Å². The maximum Gasteiger partial charge on any atom is 0.338 e. The Labute approximate surface area is 176 Å². The Morgan fingerprint density at radius 2 is 1.34 bits per heavy atom. The number of unbranched alkanes of at least 4 members (excludes halogenated alkanes) is 7. The van der Waals surface area contributed by atoms with Crippen molar-refractivity contribution < 1.29 is 14.3 Å². The topological polar surface area (TPSA) is 35.5 Å². The molecule has 0 amide bonds. The number of carbonyl (C=O) groups is 1. The molecule has 3 heteroatoms. The van der Waals surface area contributed by atoms with Crippen molar-refractivity contribution in [3.8, 4) is 16.9 Å². The molecule has 0 atom stereocenters. The third kappa shape index (κ3) is 8.31. The van der Waals surface area contributed by atoms with Gasteiger partial charge in [-0.15, -0.1) is 0 Å². The molecule has 0 saturated heterocycles. The highest BCUT2D eigenvalue weighted by atomic mass is 16.5. The predicted molar refractivity (Wildman–Crippen MR) is 121 cm³/mol. The van der Waals surface area contributed by atoms with Crippen LogP contribution in [0.25, 0.3) is 11.1 Å². The van der Waals surface area contributed by atoms with Gasteiger partial charge >= 0.3 is 5.97 Å². The van der Waals surface area contributed by atoms with E-state index in [1.807, 2.05) is 48.5 Å². The first kappa shape index (κ1) is 23.0. The van der Waals surface area contributed by atoms with Crippen molar-refractivity contribution in [3.05, 3.63) is 54.1 Å². The van der Waals surface area contributed by atoms with Crippen LogP contribution in [-0.4, -0.2) is 19.2 Å². The van der Waals surface area contributed by atoms with Crippen LogP contribution in [0, 0.1) is 0 Å². The number of ether oxygens (including phenoxy) is 2. The highest BCUT2D eigenvalue weighted by Crippen LogP contribution is 2.26. The Morgan fingerprint density at radius 1 is 0.724 bits per heavy atom. The Hall–Kier alpha value is -2.29. The lowest BCUT2D eigenvalue weighted by Crippen LogP contribution is -2.08. The third-order valence-corrected chi connectivity index (χ3v) is 5.06. The van der Waals surface area contributed by atoms with E-state index in [9.17, 15) is 4.79 Å². The molecule has 0 bridgehead atoms. The number of hydrogen-bond donors (Lipinski definition) is 0. The fourth-order valence-electron chi connectivity index (χ4n) is 3.31. The van der Waals surface area contributed by atoms with Gasteiger partial charge in [0.25, 0.3) is 0 Å². The molecule has 0 N–H and O–H groups in total. The lowest BCUT2D eigenvalue weighted by atomic mass is 10.00. The number of benzene rings is 2. The van der Waals surface area contributed by atoms with E-state index >= 15 is 0 Å². The summed E-state index contributed by atoms with van der Waals surface area (Å²) in [6.07, 6.45) is 10.7. The zero-order chi connectivity index (χ0) is 20.7. The summed E-state index contributed by atoms with van der Waals surface area (Å²) in [6, 6.07) is 15.6. The van der Waals surface area contributed by atoms with Gasteiger partial charge in [0.1, 0.15) is 5.75 Å². The monoisotopic (exact) mass is 396 g/mol. The molecule has 29 heavy (non-hydrogen) atoms. The zero-order valence-electron chi connectivity index (χ0n) is 18.1. The van der Waals surface area contributed by atoms with Crippen molar-refractivity contribution in [1.29, 1.82) is 0 Å². The van der Waals surface area contributed by atoms with Gasteiger partial charge in [-0.25, -0.2) is 4.79 Å². The number of esters is 1. The average Bonchev–Trinajstić information content (AvgIpc) is 2.76. The molecule has 0 spiro atoms. The molecule has 0 unspecified atom stereocenters. The van der Waals surface area contributed by atoms with E-state index in [0.717, 1.165) is 49.2 Å². The van der Waals surface area contributed by atoms with Crippen LogP contribution < -0.4 is 4.74 Å². The molecular formula is C26H36O3. The van der Waals surface area contributed by atoms with E-state index in [-0.39, 0.29) is 5.97 Å². The highest BCUT2D eigenvalue weighted by Gasteiger charge is 2.13. The molecule has 0 aromatic heterocycles. The van der Waals surface area contributed by atoms with Crippen molar-refractivity contribution in [3.63, 3.8) is 0 Å². The van der Waals surface area contributed by atoms with Gasteiger partial charge in [-0.3, -0.25) is 0 Å². The van der Waals surface area contributed by atoms with Gasteiger partial charge in [-0.1, -0.05) is 89.1 Å². The van der Waals surface area contributed by atoms with Crippen LogP contribution in [0.1, 0.15) is 82.0 Å². The van der Waals surface area contributed by atoms with Crippen molar-refractivity contribution >= 4 is 5.97 Å². The molecule has 2 aromatic carbocycles.